The number of urea groups is 2. The van der Waals surface area contributed by atoms with Crippen LogP contribution in [0.5, 0.6) is 0 Å². The summed E-state index contributed by atoms with van der Waals surface area (Å²) in [6.07, 6.45) is -4.69. The SMILES string of the molecule is C[C@H](CC(=O)c1ccc2c(n1)N(C(=O)Nc1ccccn1)[C@H]1CCN2C1)C(F)(F)F.C[C@H](N)C(F)(F)F.O=C(O)c1ccc2c(n1)N(C(=O)Nc1ccccn1)[C@H]1CCN2C1. The fraction of sp³-hybridized carbons (Fsp3) is 0.385. The number of rotatable bonds is 6. The van der Waals surface area contributed by atoms with Crippen LogP contribution in [0.4, 0.5) is 70.6 Å². The molecule has 4 aromatic rings. The largest absolute Gasteiger partial charge is 0.477 e. The van der Waals surface area contributed by atoms with Crippen molar-refractivity contribution in [1.29, 1.82) is 0 Å². The lowest BCUT2D eigenvalue weighted by Gasteiger charge is -2.35. The predicted molar refractivity (Wildman–Crippen MR) is 212 cm³/mol. The molecule has 0 saturated carbocycles. The number of Topliss-reactive ketones (excluding diaryl/α,β-unsaturated/α-hetero) is 1. The van der Waals surface area contributed by atoms with Gasteiger partial charge in [0.25, 0.3) is 0 Å². The number of carbonyl (C=O) groups excluding carboxylic acids is 3. The highest BCUT2D eigenvalue weighted by atomic mass is 19.4. The molecule has 0 aliphatic carbocycles. The molecule has 0 radical (unpaired) electrons. The molecule has 2 fully saturated rings. The quantitative estimate of drug-likeness (QED) is 0.120. The Balaban J connectivity index is 0.000000180. The molecule has 4 amide bonds. The van der Waals surface area contributed by atoms with Crippen LogP contribution >= 0.6 is 0 Å². The molecule has 0 spiro atoms. The zero-order chi connectivity index (χ0) is 44.2. The monoisotopic (exact) mass is 857 g/mol. The number of alkyl halides is 6. The van der Waals surface area contributed by atoms with Gasteiger partial charge in [-0.3, -0.25) is 25.2 Å². The Morgan fingerprint density at radius 1 is 0.721 bits per heavy atom. The molecule has 4 aliphatic rings. The highest BCUT2D eigenvalue weighted by Gasteiger charge is 2.43. The van der Waals surface area contributed by atoms with Crippen LogP contribution in [0.1, 0.15) is 54.1 Å². The minimum absolute atomic E-state index is 0.0299. The first-order chi connectivity index (χ1) is 28.8. The van der Waals surface area contributed by atoms with E-state index in [0.717, 1.165) is 52.0 Å². The van der Waals surface area contributed by atoms with E-state index < -0.39 is 48.5 Å². The number of aromatic carboxylic acids is 1. The molecule has 8 heterocycles. The maximum atomic E-state index is 13.0. The molecule has 0 unspecified atom stereocenters. The highest BCUT2D eigenvalue weighted by Crippen LogP contribution is 2.41. The number of hydrogen-bond donors (Lipinski definition) is 4. The maximum absolute atomic E-state index is 13.0. The van der Waals surface area contributed by atoms with Gasteiger partial charge in [-0.2, -0.15) is 26.3 Å². The molecule has 324 valence electrons. The van der Waals surface area contributed by atoms with Crippen molar-refractivity contribution < 1.29 is 50.6 Å². The van der Waals surface area contributed by atoms with E-state index in [1.54, 1.807) is 65.8 Å². The minimum Gasteiger partial charge on any atom is -0.477 e. The maximum Gasteiger partial charge on any atom is 0.403 e. The number of fused-ring (bicyclic) bond motifs is 8. The molecule has 4 aromatic heterocycles. The predicted octanol–water partition coefficient (Wildman–Crippen LogP) is 6.58. The topological polar surface area (TPSA) is 203 Å². The smallest absolute Gasteiger partial charge is 0.403 e. The summed E-state index contributed by atoms with van der Waals surface area (Å²) < 4.78 is 71.7. The number of pyridine rings is 4. The van der Waals surface area contributed by atoms with Crippen molar-refractivity contribution in [2.24, 2.45) is 11.7 Å². The van der Waals surface area contributed by atoms with E-state index in [9.17, 15) is 50.6 Å². The first kappa shape index (κ1) is 44.0. The van der Waals surface area contributed by atoms with Gasteiger partial charge in [0.15, 0.2) is 23.1 Å². The first-order valence-electron chi connectivity index (χ1n) is 19.0. The van der Waals surface area contributed by atoms with Crippen LogP contribution in [0.2, 0.25) is 0 Å². The zero-order valence-electron chi connectivity index (χ0n) is 32.7. The molecular weight excluding hydrogens is 816 g/mol. The van der Waals surface area contributed by atoms with Crippen LogP contribution in [-0.2, 0) is 0 Å². The van der Waals surface area contributed by atoms with Crippen molar-refractivity contribution in [2.75, 3.05) is 56.4 Å². The molecule has 4 aliphatic heterocycles. The van der Waals surface area contributed by atoms with Gasteiger partial charge in [-0.15, -0.1) is 0 Å². The lowest BCUT2D eigenvalue weighted by molar-refractivity contribution is -0.168. The third-order valence-electron chi connectivity index (χ3n) is 10.2. The van der Waals surface area contributed by atoms with Crippen molar-refractivity contribution in [3.63, 3.8) is 0 Å². The first-order valence-corrected chi connectivity index (χ1v) is 19.0. The minimum atomic E-state index is -4.46. The number of nitrogens with one attached hydrogen (secondary N) is 2. The van der Waals surface area contributed by atoms with Gasteiger partial charge < -0.3 is 20.6 Å². The van der Waals surface area contributed by atoms with Gasteiger partial charge in [0, 0.05) is 45.0 Å². The Labute approximate surface area is 344 Å². The van der Waals surface area contributed by atoms with Crippen molar-refractivity contribution >= 4 is 58.5 Å². The number of hydrogen-bond acceptors (Lipinski definition) is 11. The summed E-state index contributed by atoms with van der Waals surface area (Å²) in [5.74, 6) is -2.11. The molecule has 61 heavy (non-hydrogen) atoms. The van der Waals surface area contributed by atoms with E-state index >= 15 is 0 Å². The Bertz CT molecular complexity index is 2230. The number of nitrogens with zero attached hydrogens (tertiary/aromatic N) is 8. The molecule has 5 N–H and O–H groups in total. The fourth-order valence-electron chi connectivity index (χ4n) is 6.93. The number of anilines is 6. The summed E-state index contributed by atoms with van der Waals surface area (Å²) >= 11 is 0. The molecular formula is C39H41F6N11O5. The molecule has 8 rings (SSSR count). The number of carboxylic acids is 1. The number of halogens is 6. The summed E-state index contributed by atoms with van der Waals surface area (Å²) in [5.41, 5.74) is 5.75. The van der Waals surface area contributed by atoms with E-state index in [2.05, 4.69) is 46.1 Å². The Morgan fingerprint density at radius 3 is 1.56 bits per heavy atom. The van der Waals surface area contributed by atoms with Crippen molar-refractivity contribution in [3.8, 4) is 0 Å². The standard InChI is InChI=1S/C20H20F3N5O2.C16H15N5O3.C3H6F3N/c1-12(20(21,22)23)10-16(29)14-5-6-15-18(25-14)28(13-7-9-27(15)11-13)19(30)26-17-4-2-3-8-24-17;22-15(23)11-4-5-12-14(18-11)21(10-6-8-20(12)9-10)16(24)19-13-3-1-2-7-17-13;1-2(7)3(4,5)6/h2-6,8,12-13H,7,9-11H2,1H3,(H,24,26,30);1-5,7,10H,6,8-9H2,(H,22,23)(H,17,19,24);2H,7H2,1H3/t12-,13+;10-;2-/m100/s1. The van der Waals surface area contributed by atoms with Crippen LogP contribution in [0.25, 0.3) is 0 Å². The van der Waals surface area contributed by atoms with Crippen LogP contribution in [0.15, 0.2) is 73.1 Å². The summed E-state index contributed by atoms with van der Waals surface area (Å²) in [6, 6.07) is 13.9. The van der Waals surface area contributed by atoms with E-state index in [0.29, 0.717) is 29.7 Å². The van der Waals surface area contributed by atoms with Gasteiger partial charge in [-0.25, -0.2) is 34.3 Å². The second-order valence-corrected chi connectivity index (χ2v) is 14.6. The lowest BCUT2D eigenvalue weighted by Crippen LogP contribution is -2.48. The molecule has 4 atom stereocenters. The van der Waals surface area contributed by atoms with Crippen LogP contribution < -0.4 is 36.0 Å². The van der Waals surface area contributed by atoms with Crippen molar-refractivity contribution in [1.82, 2.24) is 19.9 Å². The number of carbonyl (C=O) groups is 4. The Hall–Kier alpha value is -6.58. The van der Waals surface area contributed by atoms with Gasteiger partial charge in [0.2, 0.25) is 0 Å². The van der Waals surface area contributed by atoms with Crippen LogP contribution in [0, 0.1) is 5.92 Å². The molecule has 4 bridgehead atoms. The summed E-state index contributed by atoms with van der Waals surface area (Å²) in [5, 5.41) is 14.7. The summed E-state index contributed by atoms with van der Waals surface area (Å²) in [7, 11) is 0. The number of ketones is 1. The fourth-order valence-corrected chi connectivity index (χ4v) is 6.93. The average Bonchev–Trinajstić information content (AvgIpc) is 3.83. The van der Waals surface area contributed by atoms with E-state index in [4.69, 9.17) is 0 Å². The zero-order valence-corrected chi connectivity index (χ0v) is 32.7. The molecule has 2 saturated heterocycles. The van der Waals surface area contributed by atoms with Gasteiger partial charge in [-0.05, 0) is 68.3 Å². The second kappa shape index (κ2) is 18.0. The molecule has 0 aromatic carbocycles. The van der Waals surface area contributed by atoms with E-state index in [1.165, 1.54) is 17.0 Å². The number of nitrogens with two attached hydrogens (primary N) is 1. The van der Waals surface area contributed by atoms with E-state index in [-0.39, 0.29) is 35.3 Å². The lowest BCUT2D eigenvalue weighted by atomic mass is 10.0. The third kappa shape index (κ3) is 10.2. The summed E-state index contributed by atoms with van der Waals surface area (Å²) in [4.78, 5) is 73.3. The Kier molecular flexibility index (Phi) is 12.9. The molecule has 16 nitrogen and oxygen atoms in total. The van der Waals surface area contributed by atoms with Gasteiger partial charge in [-0.1, -0.05) is 19.1 Å². The summed E-state index contributed by atoms with van der Waals surface area (Å²) in [6.45, 7) is 4.76. The highest BCUT2D eigenvalue weighted by molar-refractivity contribution is 6.06. The van der Waals surface area contributed by atoms with Gasteiger partial charge >= 0.3 is 30.4 Å². The van der Waals surface area contributed by atoms with Gasteiger partial charge in [0.1, 0.15) is 17.3 Å². The number of carboxylic acid groups (broad SMARTS) is 1. The number of amides is 4. The Morgan fingerprint density at radius 2 is 1.16 bits per heavy atom. The molecule has 22 heteroatoms. The van der Waals surface area contributed by atoms with Crippen LogP contribution in [-0.4, -0.2) is 106 Å². The number of aromatic nitrogens is 4. The van der Waals surface area contributed by atoms with E-state index in [1.807, 2.05) is 0 Å². The van der Waals surface area contributed by atoms with Crippen LogP contribution in [0.3, 0.4) is 0 Å². The van der Waals surface area contributed by atoms with Crippen molar-refractivity contribution in [2.45, 2.75) is 63.6 Å². The second-order valence-electron chi connectivity index (χ2n) is 14.6. The average molecular weight is 858 g/mol. The normalized spacial score (nSPS) is 18.3. The van der Waals surface area contributed by atoms with Crippen molar-refractivity contribution in [3.05, 3.63) is 84.4 Å². The van der Waals surface area contributed by atoms with Gasteiger partial charge in [0.05, 0.1) is 35.4 Å². The third-order valence-corrected chi connectivity index (χ3v) is 10.2.